The van der Waals surface area contributed by atoms with Gasteiger partial charge in [-0.05, 0) is 25.7 Å². The fourth-order valence-electron chi connectivity index (χ4n) is 2.51. The van der Waals surface area contributed by atoms with E-state index >= 15 is 0 Å². The van der Waals surface area contributed by atoms with Crippen LogP contribution in [0.1, 0.15) is 25.7 Å². The first-order valence-electron chi connectivity index (χ1n) is 6.64. The van der Waals surface area contributed by atoms with Crippen LogP contribution in [0.4, 0.5) is 4.79 Å². The van der Waals surface area contributed by atoms with Crippen LogP contribution in [0.5, 0.6) is 0 Å². The van der Waals surface area contributed by atoms with Crippen LogP contribution in [-0.2, 0) is 9.59 Å². The summed E-state index contributed by atoms with van der Waals surface area (Å²) in [5.74, 6) is -1.53. The van der Waals surface area contributed by atoms with Crippen molar-refractivity contribution >= 4 is 17.9 Å². The van der Waals surface area contributed by atoms with Gasteiger partial charge < -0.3 is 20.6 Å². The number of carbonyl (C=O) groups is 3. The van der Waals surface area contributed by atoms with Gasteiger partial charge in [0, 0.05) is 19.6 Å². The number of hydrogen-bond donors (Lipinski definition) is 3. The third-order valence-corrected chi connectivity index (χ3v) is 3.64. The van der Waals surface area contributed by atoms with Crippen LogP contribution in [0.3, 0.4) is 0 Å². The molecule has 2 saturated heterocycles. The molecular weight excluding hydrogens is 250 g/mol. The summed E-state index contributed by atoms with van der Waals surface area (Å²) in [6.45, 7) is 1.41. The Balaban J connectivity index is 1.88. The minimum Gasteiger partial charge on any atom is -0.481 e. The number of carbonyl (C=O) groups excluding carboxylic acids is 2. The summed E-state index contributed by atoms with van der Waals surface area (Å²) in [4.78, 5) is 36.0. The Morgan fingerprint density at radius 1 is 1.32 bits per heavy atom. The van der Waals surface area contributed by atoms with E-state index < -0.39 is 17.9 Å². The SMILES string of the molecule is O=C(O)C1CCCN(C(=O)NC2CCCNC2=O)C1. The van der Waals surface area contributed by atoms with E-state index in [9.17, 15) is 14.4 Å². The van der Waals surface area contributed by atoms with Crippen molar-refractivity contribution < 1.29 is 19.5 Å². The molecule has 0 saturated carbocycles. The van der Waals surface area contributed by atoms with Gasteiger partial charge in [0.15, 0.2) is 0 Å². The fourth-order valence-corrected chi connectivity index (χ4v) is 2.51. The lowest BCUT2D eigenvalue weighted by atomic mass is 9.98. The molecule has 7 heteroatoms. The zero-order chi connectivity index (χ0) is 13.8. The minimum atomic E-state index is -0.868. The van der Waals surface area contributed by atoms with Crippen LogP contribution >= 0.6 is 0 Å². The number of carboxylic acids is 1. The normalized spacial score (nSPS) is 27.6. The van der Waals surface area contributed by atoms with Gasteiger partial charge in [0.2, 0.25) is 5.91 Å². The second-order valence-corrected chi connectivity index (χ2v) is 5.06. The first kappa shape index (κ1) is 13.6. The molecular formula is C12H19N3O4. The Morgan fingerprint density at radius 2 is 2.11 bits per heavy atom. The number of piperidine rings is 2. The van der Waals surface area contributed by atoms with E-state index in [0.717, 1.165) is 6.42 Å². The van der Waals surface area contributed by atoms with E-state index in [1.54, 1.807) is 0 Å². The quantitative estimate of drug-likeness (QED) is 0.645. The minimum absolute atomic E-state index is 0.161. The number of nitrogens with zero attached hydrogens (tertiary/aromatic N) is 1. The van der Waals surface area contributed by atoms with Crippen LogP contribution in [0, 0.1) is 5.92 Å². The molecule has 2 atom stereocenters. The predicted molar refractivity (Wildman–Crippen MR) is 66.5 cm³/mol. The van der Waals surface area contributed by atoms with E-state index in [0.29, 0.717) is 32.4 Å². The van der Waals surface area contributed by atoms with Crippen molar-refractivity contribution in [3.63, 3.8) is 0 Å². The molecule has 2 aliphatic heterocycles. The maximum Gasteiger partial charge on any atom is 0.318 e. The summed E-state index contributed by atoms with van der Waals surface area (Å²) in [6.07, 6.45) is 2.76. The molecule has 106 valence electrons. The number of nitrogens with one attached hydrogen (secondary N) is 2. The van der Waals surface area contributed by atoms with E-state index in [-0.39, 0.29) is 18.5 Å². The highest BCUT2D eigenvalue weighted by molar-refractivity contribution is 5.87. The van der Waals surface area contributed by atoms with Gasteiger partial charge in [0.25, 0.3) is 0 Å². The van der Waals surface area contributed by atoms with Gasteiger partial charge in [-0.25, -0.2) is 4.79 Å². The van der Waals surface area contributed by atoms with Gasteiger partial charge in [0.05, 0.1) is 5.92 Å². The van der Waals surface area contributed by atoms with Crippen molar-refractivity contribution in [2.24, 2.45) is 5.92 Å². The summed E-state index contributed by atoms with van der Waals surface area (Å²) in [5.41, 5.74) is 0. The maximum atomic E-state index is 12.0. The molecule has 0 aliphatic carbocycles. The largest absolute Gasteiger partial charge is 0.481 e. The second kappa shape index (κ2) is 5.90. The average Bonchev–Trinajstić information content (AvgIpc) is 2.41. The molecule has 2 fully saturated rings. The number of aliphatic carboxylic acids is 1. The third kappa shape index (κ3) is 3.36. The molecule has 3 N–H and O–H groups in total. The van der Waals surface area contributed by atoms with Crippen LogP contribution in [0.2, 0.25) is 0 Å². The highest BCUT2D eigenvalue weighted by atomic mass is 16.4. The molecule has 19 heavy (non-hydrogen) atoms. The third-order valence-electron chi connectivity index (χ3n) is 3.64. The molecule has 2 heterocycles. The zero-order valence-electron chi connectivity index (χ0n) is 10.7. The summed E-state index contributed by atoms with van der Waals surface area (Å²) in [7, 11) is 0. The number of likely N-dealkylation sites (tertiary alicyclic amines) is 1. The molecule has 3 amide bonds. The molecule has 0 bridgehead atoms. The monoisotopic (exact) mass is 269 g/mol. The molecule has 2 rings (SSSR count). The number of carboxylic acid groups (broad SMARTS) is 1. The lowest BCUT2D eigenvalue weighted by Crippen LogP contribution is -2.55. The number of amides is 3. The van der Waals surface area contributed by atoms with Gasteiger partial charge in [-0.15, -0.1) is 0 Å². The fraction of sp³-hybridized carbons (Fsp3) is 0.750. The van der Waals surface area contributed by atoms with Gasteiger partial charge in [0.1, 0.15) is 6.04 Å². The summed E-state index contributed by atoms with van der Waals surface area (Å²) < 4.78 is 0. The number of urea groups is 1. The highest BCUT2D eigenvalue weighted by Crippen LogP contribution is 2.17. The van der Waals surface area contributed by atoms with Gasteiger partial charge >= 0.3 is 12.0 Å². The van der Waals surface area contributed by atoms with Crippen LogP contribution in [-0.4, -0.2) is 53.6 Å². The second-order valence-electron chi connectivity index (χ2n) is 5.06. The van der Waals surface area contributed by atoms with Crippen molar-refractivity contribution in [1.29, 1.82) is 0 Å². The Labute approximate surface area is 111 Å². The van der Waals surface area contributed by atoms with Crippen molar-refractivity contribution in [3.05, 3.63) is 0 Å². The van der Waals surface area contributed by atoms with E-state index in [2.05, 4.69) is 10.6 Å². The molecule has 7 nitrogen and oxygen atoms in total. The molecule has 0 radical (unpaired) electrons. The molecule has 2 aliphatic rings. The molecule has 0 aromatic carbocycles. The van der Waals surface area contributed by atoms with Crippen molar-refractivity contribution in [1.82, 2.24) is 15.5 Å². The van der Waals surface area contributed by atoms with Gasteiger partial charge in [-0.3, -0.25) is 9.59 Å². The maximum absolute atomic E-state index is 12.0. The van der Waals surface area contributed by atoms with Crippen LogP contribution in [0.15, 0.2) is 0 Å². The lowest BCUT2D eigenvalue weighted by Gasteiger charge is -2.32. The van der Waals surface area contributed by atoms with Crippen molar-refractivity contribution in [2.45, 2.75) is 31.7 Å². The first-order valence-corrected chi connectivity index (χ1v) is 6.64. The van der Waals surface area contributed by atoms with Gasteiger partial charge in [-0.2, -0.15) is 0 Å². The number of rotatable bonds is 2. The molecule has 0 aromatic heterocycles. The van der Waals surface area contributed by atoms with E-state index in [1.165, 1.54) is 4.90 Å². The van der Waals surface area contributed by atoms with Crippen molar-refractivity contribution in [2.75, 3.05) is 19.6 Å². The topological polar surface area (TPSA) is 98.7 Å². The number of hydrogen-bond acceptors (Lipinski definition) is 3. The molecule has 2 unspecified atom stereocenters. The summed E-state index contributed by atoms with van der Waals surface area (Å²) in [5, 5.41) is 14.4. The van der Waals surface area contributed by atoms with E-state index in [1.807, 2.05) is 0 Å². The molecule has 0 aromatic rings. The van der Waals surface area contributed by atoms with Crippen LogP contribution in [0.25, 0.3) is 0 Å². The first-order chi connectivity index (χ1) is 9.08. The molecule has 0 spiro atoms. The van der Waals surface area contributed by atoms with E-state index in [4.69, 9.17) is 5.11 Å². The standard InChI is InChI=1S/C12H19N3O4/c16-10-9(4-1-5-13-10)14-12(19)15-6-2-3-8(7-15)11(17)18/h8-9H,1-7H2,(H,13,16)(H,14,19)(H,17,18). The Morgan fingerprint density at radius 3 is 2.79 bits per heavy atom. The average molecular weight is 269 g/mol. The van der Waals surface area contributed by atoms with Crippen LogP contribution < -0.4 is 10.6 Å². The van der Waals surface area contributed by atoms with Crippen molar-refractivity contribution in [3.8, 4) is 0 Å². The summed E-state index contributed by atoms with van der Waals surface area (Å²) in [6, 6.07) is -0.834. The smallest absolute Gasteiger partial charge is 0.318 e. The Hall–Kier alpha value is -1.79. The summed E-state index contributed by atoms with van der Waals surface area (Å²) >= 11 is 0. The Kier molecular flexibility index (Phi) is 4.24. The predicted octanol–water partition coefficient (Wildman–Crippen LogP) is -0.229. The lowest BCUT2D eigenvalue weighted by molar-refractivity contribution is -0.143. The van der Waals surface area contributed by atoms with Gasteiger partial charge in [-0.1, -0.05) is 0 Å². The zero-order valence-corrected chi connectivity index (χ0v) is 10.7. The Bertz CT molecular complexity index is 385. The highest BCUT2D eigenvalue weighted by Gasteiger charge is 2.30.